The van der Waals surface area contributed by atoms with Gasteiger partial charge in [-0.2, -0.15) is 0 Å². The van der Waals surface area contributed by atoms with Gasteiger partial charge in [-0.25, -0.2) is 0 Å². The molecule has 0 unspecified atom stereocenters. The minimum atomic E-state index is -0.545. The van der Waals surface area contributed by atoms with Gasteiger partial charge in [0, 0.05) is 6.20 Å². The Balaban J connectivity index is 1.03. The molecule has 3 aromatic heterocycles. The molecule has 2 aliphatic carbocycles. The number of ether oxygens (including phenoxy) is 1. The van der Waals surface area contributed by atoms with Gasteiger partial charge in [0.2, 0.25) is 0 Å². The molecule has 5 nitrogen and oxygen atoms in total. The van der Waals surface area contributed by atoms with Crippen molar-refractivity contribution in [2.45, 2.75) is 70.6 Å². The van der Waals surface area contributed by atoms with Gasteiger partial charge in [0.15, 0.2) is 0 Å². The molecule has 0 radical (unpaired) electrons. The smallest absolute Gasteiger partial charge is 0.0617 e. The molecule has 8 aromatic carbocycles. The van der Waals surface area contributed by atoms with Crippen LogP contribution in [0.3, 0.4) is 0 Å². The first-order valence-electron chi connectivity index (χ1n) is 31.4. The predicted octanol–water partition coefficient (Wildman–Crippen LogP) is 16.8. The molecule has 11 aromatic rings. The normalized spacial score (nSPS) is 16.8. The summed E-state index contributed by atoms with van der Waals surface area (Å²) in [6.07, 6.45) is 6.06. The second-order valence-electron chi connectivity index (χ2n) is 19.4. The van der Waals surface area contributed by atoms with E-state index < -0.39 is 78.6 Å². The second-order valence-corrected chi connectivity index (χ2v) is 20.4. The van der Waals surface area contributed by atoms with E-state index in [2.05, 4.69) is 40.1 Å². The minimum Gasteiger partial charge on any atom is -0.0617 e. The fraction of sp³-hybridized carbons (Fsp3) is 0.169. The van der Waals surface area contributed by atoms with Crippen LogP contribution in [0.25, 0.3) is 83.4 Å². The summed E-state index contributed by atoms with van der Waals surface area (Å²) in [5, 5.41) is 1.56. The monoisotopic (exact) mass is 1120 g/mol. The second kappa shape index (κ2) is 17.5. The Hall–Kier alpha value is -7.33. The molecule has 0 N–H and O–H groups in total. The van der Waals surface area contributed by atoms with Gasteiger partial charge >= 0.3 is 351 Å². The molecule has 13 rings (SSSR count). The summed E-state index contributed by atoms with van der Waals surface area (Å²) < 4.78 is 148. The molecule has 0 bridgehead atoms. The molecule has 0 amide bonds. The maximum absolute atomic E-state index is 9.58. The zero-order chi connectivity index (χ0) is 60.8. The van der Waals surface area contributed by atoms with Crippen LogP contribution >= 0.6 is 0 Å². The van der Waals surface area contributed by atoms with E-state index in [1.807, 2.05) is 105 Å². The molecule has 6 heteroatoms. The Morgan fingerprint density at radius 1 is 0.563 bits per heavy atom. The molecule has 0 spiro atoms. The number of rotatable bonds is 8. The maximum atomic E-state index is 9.58. The van der Waals surface area contributed by atoms with Gasteiger partial charge in [-0.3, -0.25) is 0 Å². The first-order chi connectivity index (χ1) is 41.0. The molecule has 0 atom stereocenters. The van der Waals surface area contributed by atoms with E-state index in [9.17, 15) is 5.48 Å². The van der Waals surface area contributed by atoms with Gasteiger partial charge in [-0.05, 0) is 28.2 Å². The van der Waals surface area contributed by atoms with Gasteiger partial charge in [-0.1, -0.05) is 57.0 Å². The average molecular weight is 1120 g/mol. The Kier molecular flexibility index (Phi) is 7.50. The van der Waals surface area contributed by atoms with E-state index in [0.29, 0.717) is 73.1 Å². The van der Waals surface area contributed by atoms with E-state index in [0.717, 1.165) is 69.7 Å². The SMILES string of the molecule is [2H]c1c([2H])c([2H])c(-c2ccc3c(c2)c2ccc(Oc4cccc(-n5[c](=[Pt])n(-c6c(-c7c([2H])c([2H])c([2H])c([2H])c7[2H])c7c8c(c6-c6c([2H])c([2H])c([2H])c([2H])c6[2H])CCCC8CCC7)c6ccccc65)c4)cc2n3-c2cc(C(C)(C)C)ccn2)c([2H])c1[2H]. The summed E-state index contributed by atoms with van der Waals surface area (Å²) >= 11 is 2.23. The van der Waals surface area contributed by atoms with Crippen molar-refractivity contribution < 1.29 is 44.7 Å². The summed E-state index contributed by atoms with van der Waals surface area (Å²) in [4.78, 5) is 4.88. The van der Waals surface area contributed by atoms with Crippen LogP contribution in [0.1, 0.15) is 95.2 Å². The van der Waals surface area contributed by atoms with Crippen LogP contribution in [0.5, 0.6) is 11.5 Å². The standard InChI is InChI=1S/C65H54N4O.Pt/c1-65(2,3)48-36-37-66-60(39-48)69-56-35-32-47(43-18-7-4-8-19-43)38-55(56)52-34-33-51(41-59(52)69)70-50-27-17-26-49(40-50)67-42-68(58-31-14-13-30-57(58)67)64-62(45-20-9-5-10-21-45)53-28-15-24-44-25-16-29-54(61(44)53)63(64)46-22-11-6-12-23-46;/h4-14,17-23,26-27,30-41,44H,15-16,24-25,28-29H2,1-3H3;/i4D,5D,6D,7D,8D,9D,10D,11D,12D,18D,19D,20D,21D,22D,23D;. The topological polar surface area (TPSA) is 36.9 Å². The molecule has 0 saturated carbocycles. The van der Waals surface area contributed by atoms with Crippen molar-refractivity contribution in [1.82, 2.24) is 18.7 Å². The molecule has 0 fully saturated rings. The van der Waals surface area contributed by atoms with Crippen LogP contribution in [0, 0.1) is 3.80 Å². The van der Waals surface area contributed by atoms with E-state index in [4.69, 9.17) is 24.8 Å². The van der Waals surface area contributed by atoms with Crippen LogP contribution in [0.15, 0.2) is 194 Å². The third kappa shape index (κ3) is 7.47. The van der Waals surface area contributed by atoms with E-state index in [-0.39, 0.29) is 40.1 Å². The first-order valence-corrected chi connectivity index (χ1v) is 25.1. The van der Waals surface area contributed by atoms with Crippen molar-refractivity contribution in [3.63, 3.8) is 0 Å². The number of hydrogen-bond acceptors (Lipinski definition) is 2. The van der Waals surface area contributed by atoms with Crippen LogP contribution in [0.4, 0.5) is 0 Å². The van der Waals surface area contributed by atoms with E-state index >= 15 is 0 Å². The third-order valence-corrected chi connectivity index (χ3v) is 15.2. The number of aromatic nitrogens is 4. The number of fused-ring (bicyclic) bond motifs is 4. The van der Waals surface area contributed by atoms with Crippen LogP contribution < -0.4 is 4.74 Å². The summed E-state index contributed by atoms with van der Waals surface area (Å²) in [7, 11) is 0. The summed E-state index contributed by atoms with van der Waals surface area (Å²) in [6, 6.07) is 23.8. The number of nitrogens with zero attached hydrogens (tertiary/aromatic N) is 4. The van der Waals surface area contributed by atoms with Crippen molar-refractivity contribution in [3.05, 3.63) is 220 Å². The minimum absolute atomic E-state index is 0.0254. The summed E-state index contributed by atoms with van der Waals surface area (Å²) in [5.41, 5.74) is 8.57. The average Bonchev–Trinajstić information content (AvgIpc) is 1.16. The molecule has 0 aliphatic heterocycles. The number of benzene rings is 8. The third-order valence-electron chi connectivity index (χ3n) is 14.2. The van der Waals surface area contributed by atoms with Gasteiger partial charge in [-0.15, -0.1) is 0 Å². The number of pyridine rings is 1. The van der Waals surface area contributed by atoms with Gasteiger partial charge in [0.1, 0.15) is 0 Å². The Labute approximate surface area is 447 Å². The van der Waals surface area contributed by atoms with Gasteiger partial charge in [0.25, 0.3) is 0 Å². The fourth-order valence-electron chi connectivity index (χ4n) is 11.1. The van der Waals surface area contributed by atoms with Crippen molar-refractivity contribution >= 4 is 32.8 Å². The van der Waals surface area contributed by atoms with Crippen molar-refractivity contribution in [2.24, 2.45) is 0 Å². The zero-order valence-corrected chi connectivity index (χ0v) is 41.4. The van der Waals surface area contributed by atoms with Crippen molar-refractivity contribution in [3.8, 4) is 62.1 Å². The number of para-hydroxylation sites is 2. The number of hydrogen-bond donors (Lipinski definition) is 0. The van der Waals surface area contributed by atoms with Crippen LogP contribution in [-0.4, -0.2) is 18.7 Å². The fourth-order valence-corrected chi connectivity index (χ4v) is 12.2. The molecule has 350 valence electrons. The summed E-state index contributed by atoms with van der Waals surface area (Å²) in [6.45, 7) is 6.39. The van der Waals surface area contributed by atoms with Crippen molar-refractivity contribution in [2.75, 3.05) is 0 Å². The van der Waals surface area contributed by atoms with Crippen LogP contribution in [-0.2, 0) is 37.6 Å². The van der Waals surface area contributed by atoms with Crippen molar-refractivity contribution in [1.29, 1.82) is 0 Å². The summed E-state index contributed by atoms with van der Waals surface area (Å²) in [5.74, 6) is 1.62. The Morgan fingerprint density at radius 2 is 1.20 bits per heavy atom. The van der Waals surface area contributed by atoms with Crippen LogP contribution in [0.2, 0.25) is 0 Å². The molecule has 2 aliphatic rings. The van der Waals surface area contributed by atoms with E-state index in [1.54, 1.807) is 12.3 Å². The molecule has 0 saturated heterocycles. The Bertz CT molecular complexity index is 4660. The molecule has 71 heavy (non-hydrogen) atoms. The Morgan fingerprint density at radius 3 is 1.86 bits per heavy atom. The quantitative estimate of drug-likeness (QED) is 0.152. The molecular formula is C65H54N4OPt. The van der Waals surface area contributed by atoms with E-state index in [1.165, 1.54) is 0 Å². The van der Waals surface area contributed by atoms with Gasteiger partial charge < -0.3 is 0 Å². The molecular weight excluding hydrogens is 1050 g/mol. The predicted molar refractivity (Wildman–Crippen MR) is 288 cm³/mol. The zero-order valence-electron chi connectivity index (χ0n) is 54.1. The first kappa shape index (κ1) is 30.4. The van der Waals surface area contributed by atoms with Gasteiger partial charge in [0.05, 0.1) is 6.85 Å². The number of imidazole rings is 1. The molecule has 3 heterocycles.